The average Bonchev–Trinajstić information content (AvgIpc) is 2.83. The molecule has 0 saturated carbocycles. The van der Waals surface area contributed by atoms with E-state index >= 15 is 0 Å². The summed E-state index contributed by atoms with van der Waals surface area (Å²) in [6, 6.07) is 4.39. The third-order valence-electron chi connectivity index (χ3n) is 6.13. The molecule has 0 unspecified atom stereocenters. The van der Waals surface area contributed by atoms with Crippen molar-refractivity contribution in [2.75, 3.05) is 38.2 Å². The Hall–Kier alpha value is -2.74. The van der Waals surface area contributed by atoms with Gasteiger partial charge in [0.2, 0.25) is 5.91 Å². The van der Waals surface area contributed by atoms with Crippen LogP contribution in [-0.2, 0) is 11.3 Å². The van der Waals surface area contributed by atoms with Gasteiger partial charge in [-0.3, -0.25) is 14.7 Å². The lowest BCUT2D eigenvalue weighted by Crippen LogP contribution is -2.51. The Morgan fingerprint density at radius 1 is 1.17 bits per heavy atom. The number of nitrogens with zero attached hydrogens (tertiary/aromatic N) is 5. The summed E-state index contributed by atoms with van der Waals surface area (Å²) >= 11 is 0. The van der Waals surface area contributed by atoms with Crippen molar-refractivity contribution < 1.29 is 9.53 Å². The van der Waals surface area contributed by atoms with Crippen molar-refractivity contribution in [2.24, 2.45) is 5.92 Å². The summed E-state index contributed by atoms with van der Waals surface area (Å²) in [5, 5.41) is 3.09. The number of ether oxygens (including phenoxy) is 1. The van der Waals surface area contributed by atoms with Gasteiger partial charge >= 0.3 is 0 Å². The van der Waals surface area contributed by atoms with E-state index < -0.39 is 0 Å². The van der Waals surface area contributed by atoms with Crippen LogP contribution in [0.2, 0.25) is 0 Å². The van der Waals surface area contributed by atoms with E-state index in [1.165, 1.54) is 0 Å². The number of carbonyl (C=O) groups is 1. The maximum atomic E-state index is 12.7. The molecular formula is C22H30N6O2. The zero-order chi connectivity index (χ0) is 20.8. The first-order chi connectivity index (χ1) is 14.7. The monoisotopic (exact) mass is 410 g/mol. The number of hydrogen-bond donors (Lipinski definition) is 1. The molecule has 2 aliphatic rings. The quantitative estimate of drug-likeness (QED) is 0.778. The standard InChI is InChI=1S/C22H30N6O2/c1-30-22-20(24-9-10-25-22)27-12-6-19(7-13-27)28-11-3-5-18(16-28)21(29)26-15-17-4-2-8-23-14-17/h2,4,8-10,14,18-19H,3,5-7,11-13,15-16H2,1H3,(H,26,29)/t18-/m1/s1. The predicted molar refractivity (Wildman–Crippen MR) is 114 cm³/mol. The van der Waals surface area contributed by atoms with Gasteiger partial charge in [-0.25, -0.2) is 9.97 Å². The molecule has 2 saturated heterocycles. The van der Waals surface area contributed by atoms with Crippen LogP contribution in [0.25, 0.3) is 0 Å². The number of rotatable bonds is 6. The van der Waals surface area contributed by atoms with Crippen molar-refractivity contribution in [3.05, 3.63) is 42.5 Å². The molecule has 30 heavy (non-hydrogen) atoms. The van der Waals surface area contributed by atoms with Crippen LogP contribution in [0.15, 0.2) is 36.9 Å². The first-order valence-electron chi connectivity index (χ1n) is 10.7. The molecule has 0 aliphatic carbocycles. The van der Waals surface area contributed by atoms with Crippen LogP contribution in [0.1, 0.15) is 31.2 Å². The van der Waals surface area contributed by atoms with E-state index in [4.69, 9.17) is 4.74 Å². The second kappa shape index (κ2) is 9.84. The molecule has 160 valence electrons. The third kappa shape index (κ3) is 4.87. The lowest BCUT2D eigenvalue weighted by atomic mass is 9.93. The fraction of sp³-hybridized carbons (Fsp3) is 0.545. The Morgan fingerprint density at radius 3 is 2.77 bits per heavy atom. The first kappa shape index (κ1) is 20.5. The van der Waals surface area contributed by atoms with E-state index in [0.29, 0.717) is 18.5 Å². The molecule has 2 aliphatic heterocycles. The Bertz CT molecular complexity index is 825. The van der Waals surface area contributed by atoms with Gasteiger partial charge in [0, 0.05) is 57.0 Å². The number of pyridine rings is 1. The van der Waals surface area contributed by atoms with Crippen LogP contribution >= 0.6 is 0 Å². The van der Waals surface area contributed by atoms with Gasteiger partial charge in [0.15, 0.2) is 5.82 Å². The minimum Gasteiger partial charge on any atom is -0.478 e. The molecule has 2 fully saturated rings. The number of piperidine rings is 2. The summed E-state index contributed by atoms with van der Waals surface area (Å²) in [5.74, 6) is 1.63. The Kier molecular flexibility index (Phi) is 6.74. The van der Waals surface area contributed by atoms with Gasteiger partial charge < -0.3 is 15.0 Å². The Balaban J connectivity index is 1.28. The summed E-state index contributed by atoms with van der Waals surface area (Å²) < 4.78 is 5.36. The number of hydrogen-bond acceptors (Lipinski definition) is 7. The fourth-order valence-corrected chi connectivity index (χ4v) is 4.51. The van der Waals surface area contributed by atoms with Gasteiger partial charge in [0.1, 0.15) is 0 Å². The maximum Gasteiger partial charge on any atom is 0.257 e. The lowest BCUT2D eigenvalue weighted by molar-refractivity contribution is -0.127. The Morgan fingerprint density at radius 2 is 2.00 bits per heavy atom. The van der Waals surface area contributed by atoms with Gasteiger partial charge in [-0.2, -0.15) is 0 Å². The highest BCUT2D eigenvalue weighted by molar-refractivity contribution is 5.79. The number of anilines is 1. The molecule has 0 bridgehead atoms. The van der Waals surface area contributed by atoms with Crippen molar-refractivity contribution in [1.82, 2.24) is 25.2 Å². The number of nitrogens with one attached hydrogen (secondary N) is 1. The summed E-state index contributed by atoms with van der Waals surface area (Å²) in [6.45, 7) is 4.31. The minimum atomic E-state index is 0.0635. The molecule has 8 nitrogen and oxygen atoms in total. The topological polar surface area (TPSA) is 83.5 Å². The lowest BCUT2D eigenvalue weighted by Gasteiger charge is -2.42. The van der Waals surface area contributed by atoms with E-state index in [-0.39, 0.29) is 11.8 Å². The van der Waals surface area contributed by atoms with E-state index in [0.717, 1.165) is 63.2 Å². The van der Waals surface area contributed by atoms with Crippen molar-refractivity contribution >= 4 is 11.7 Å². The molecule has 1 amide bonds. The van der Waals surface area contributed by atoms with E-state index in [1.807, 2.05) is 12.1 Å². The molecule has 2 aromatic heterocycles. The minimum absolute atomic E-state index is 0.0635. The fourth-order valence-electron chi connectivity index (χ4n) is 4.51. The third-order valence-corrected chi connectivity index (χ3v) is 6.13. The van der Waals surface area contributed by atoms with Gasteiger partial charge in [-0.15, -0.1) is 0 Å². The van der Waals surface area contributed by atoms with Crippen molar-refractivity contribution in [1.29, 1.82) is 0 Å². The first-order valence-corrected chi connectivity index (χ1v) is 10.7. The number of amides is 1. The van der Waals surface area contributed by atoms with Crippen LogP contribution in [-0.4, -0.2) is 65.1 Å². The maximum absolute atomic E-state index is 12.7. The van der Waals surface area contributed by atoms with Crippen LogP contribution in [0.4, 0.5) is 5.82 Å². The van der Waals surface area contributed by atoms with E-state index in [2.05, 4.69) is 30.1 Å². The van der Waals surface area contributed by atoms with Gasteiger partial charge in [-0.1, -0.05) is 6.07 Å². The van der Waals surface area contributed by atoms with Crippen LogP contribution in [0.3, 0.4) is 0 Å². The summed E-state index contributed by atoms with van der Waals surface area (Å²) in [6.07, 6.45) is 11.1. The Labute approximate surface area is 177 Å². The SMILES string of the molecule is COc1nccnc1N1CCC(N2CCC[C@@H](C(=O)NCc3cccnc3)C2)CC1. The molecule has 4 rings (SSSR count). The summed E-state index contributed by atoms with van der Waals surface area (Å²) in [5.41, 5.74) is 1.03. The zero-order valence-corrected chi connectivity index (χ0v) is 17.5. The predicted octanol–water partition coefficient (Wildman–Crippen LogP) is 1.88. The molecular weight excluding hydrogens is 380 g/mol. The second-order valence-electron chi connectivity index (χ2n) is 8.02. The summed E-state index contributed by atoms with van der Waals surface area (Å²) in [7, 11) is 1.63. The van der Waals surface area contributed by atoms with Gasteiger partial charge in [0.05, 0.1) is 13.0 Å². The average molecular weight is 411 g/mol. The number of aromatic nitrogens is 3. The van der Waals surface area contributed by atoms with Gasteiger partial charge in [0.25, 0.3) is 5.88 Å². The van der Waals surface area contributed by atoms with Gasteiger partial charge in [-0.05, 0) is 43.9 Å². The number of carbonyl (C=O) groups excluding carboxylic acids is 1. The normalized spacial score (nSPS) is 20.7. The molecule has 0 spiro atoms. The number of methoxy groups -OCH3 is 1. The van der Waals surface area contributed by atoms with Crippen LogP contribution < -0.4 is 15.0 Å². The number of likely N-dealkylation sites (tertiary alicyclic amines) is 1. The zero-order valence-electron chi connectivity index (χ0n) is 17.5. The van der Waals surface area contributed by atoms with Crippen LogP contribution in [0, 0.1) is 5.92 Å². The smallest absolute Gasteiger partial charge is 0.257 e. The summed E-state index contributed by atoms with van der Waals surface area (Å²) in [4.78, 5) is 30.3. The van der Waals surface area contributed by atoms with Crippen molar-refractivity contribution in [3.63, 3.8) is 0 Å². The highest BCUT2D eigenvalue weighted by Gasteiger charge is 2.32. The molecule has 2 aromatic rings. The van der Waals surface area contributed by atoms with Crippen molar-refractivity contribution in [3.8, 4) is 5.88 Å². The molecule has 1 N–H and O–H groups in total. The highest BCUT2D eigenvalue weighted by Crippen LogP contribution is 2.29. The van der Waals surface area contributed by atoms with E-state index in [9.17, 15) is 4.79 Å². The molecule has 4 heterocycles. The van der Waals surface area contributed by atoms with Crippen molar-refractivity contribution in [2.45, 2.75) is 38.3 Å². The molecule has 0 aromatic carbocycles. The molecule has 1 atom stereocenters. The largest absolute Gasteiger partial charge is 0.478 e. The molecule has 8 heteroatoms. The van der Waals surface area contributed by atoms with E-state index in [1.54, 1.807) is 31.9 Å². The van der Waals surface area contributed by atoms with Crippen LogP contribution in [0.5, 0.6) is 5.88 Å². The highest BCUT2D eigenvalue weighted by atomic mass is 16.5. The second-order valence-corrected chi connectivity index (χ2v) is 8.02. The molecule has 0 radical (unpaired) electrons.